The van der Waals surface area contributed by atoms with Gasteiger partial charge in [-0.15, -0.1) is 0 Å². The van der Waals surface area contributed by atoms with Gasteiger partial charge in [0, 0.05) is 38.4 Å². The predicted molar refractivity (Wildman–Crippen MR) is 82.1 cm³/mol. The van der Waals surface area contributed by atoms with E-state index >= 15 is 0 Å². The van der Waals surface area contributed by atoms with Crippen LogP contribution in [0.15, 0.2) is 18.3 Å². The molecule has 0 saturated carbocycles. The average molecular weight is 292 g/mol. The van der Waals surface area contributed by atoms with Crippen LogP contribution in [0, 0.1) is 0 Å². The van der Waals surface area contributed by atoms with Gasteiger partial charge >= 0.3 is 0 Å². The van der Waals surface area contributed by atoms with Crippen molar-refractivity contribution in [2.24, 2.45) is 0 Å². The summed E-state index contributed by atoms with van der Waals surface area (Å²) in [4.78, 5) is 18.5. The Hall–Kier alpha value is -1.66. The van der Waals surface area contributed by atoms with Crippen LogP contribution < -0.4 is 10.6 Å². The predicted octanol–water partition coefficient (Wildman–Crippen LogP) is 0.850. The van der Waals surface area contributed by atoms with Crippen LogP contribution in [-0.4, -0.2) is 55.2 Å². The number of hydrogen-bond donors (Lipinski definition) is 2. The topological polar surface area (TPSA) is 66.5 Å². The summed E-state index contributed by atoms with van der Waals surface area (Å²) in [5.74, 6) is 0.906. The Kier molecular flexibility index (Phi) is 5.95. The lowest BCUT2D eigenvalue weighted by atomic mass is 10.1. The number of carbonyl (C=O) groups excluding carboxylic acids is 1. The number of pyridine rings is 1. The minimum Gasteiger partial charge on any atom is -0.378 e. The van der Waals surface area contributed by atoms with Crippen LogP contribution in [0.4, 0.5) is 5.82 Å². The highest BCUT2D eigenvalue weighted by molar-refractivity contribution is 5.81. The van der Waals surface area contributed by atoms with Crippen molar-refractivity contribution in [3.05, 3.63) is 23.9 Å². The van der Waals surface area contributed by atoms with Gasteiger partial charge in [-0.2, -0.15) is 0 Å². The van der Waals surface area contributed by atoms with Crippen LogP contribution in [0.2, 0.25) is 0 Å². The number of anilines is 1. The number of aromatic nitrogens is 1. The maximum Gasteiger partial charge on any atom is 0.239 e. The van der Waals surface area contributed by atoms with E-state index in [0.717, 1.165) is 30.9 Å². The van der Waals surface area contributed by atoms with Gasteiger partial charge in [-0.25, -0.2) is 4.98 Å². The summed E-state index contributed by atoms with van der Waals surface area (Å²) in [5.41, 5.74) is 1.11. The van der Waals surface area contributed by atoms with E-state index in [1.54, 1.807) is 13.2 Å². The molecule has 0 aliphatic carbocycles. The van der Waals surface area contributed by atoms with E-state index in [1.807, 2.05) is 6.07 Å². The zero-order valence-electron chi connectivity index (χ0n) is 12.8. The Labute approximate surface area is 125 Å². The number of carbonyl (C=O) groups is 1. The lowest BCUT2D eigenvalue weighted by molar-refractivity contribution is -0.132. The van der Waals surface area contributed by atoms with Gasteiger partial charge in [0.1, 0.15) is 11.9 Å². The Balaban J connectivity index is 2.10. The third kappa shape index (κ3) is 4.15. The maximum absolute atomic E-state index is 12.0. The van der Waals surface area contributed by atoms with Gasteiger partial charge in [0.15, 0.2) is 0 Å². The highest BCUT2D eigenvalue weighted by atomic mass is 16.5. The second-order valence-corrected chi connectivity index (χ2v) is 5.11. The van der Waals surface area contributed by atoms with Gasteiger partial charge in [0.25, 0.3) is 0 Å². The van der Waals surface area contributed by atoms with E-state index in [4.69, 9.17) is 4.74 Å². The number of hydrogen-bond acceptors (Lipinski definition) is 5. The molecule has 0 spiro atoms. The maximum atomic E-state index is 12.0. The summed E-state index contributed by atoms with van der Waals surface area (Å²) in [5, 5.41) is 6.05. The highest BCUT2D eigenvalue weighted by Crippen LogP contribution is 2.18. The van der Waals surface area contributed by atoms with Crippen LogP contribution in [0.25, 0.3) is 0 Å². The largest absolute Gasteiger partial charge is 0.378 e. The number of amides is 1. The Morgan fingerprint density at radius 2 is 2.43 bits per heavy atom. The first-order valence-corrected chi connectivity index (χ1v) is 7.47. The van der Waals surface area contributed by atoms with Gasteiger partial charge in [-0.1, -0.05) is 13.0 Å². The molecule has 1 aromatic rings. The molecule has 116 valence electrons. The molecule has 0 radical (unpaired) electrons. The van der Waals surface area contributed by atoms with E-state index in [1.165, 1.54) is 0 Å². The molecule has 1 aliphatic heterocycles. The van der Waals surface area contributed by atoms with Crippen LogP contribution in [0.3, 0.4) is 0 Å². The van der Waals surface area contributed by atoms with Gasteiger partial charge in [0.05, 0.1) is 13.2 Å². The molecule has 1 fully saturated rings. The molecule has 2 heterocycles. The highest BCUT2D eigenvalue weighted by Gasteiger charge is 2.29. The van der Waals surface area contributed by atoms with Gasteiger partial charge < -0.3 is 15.4 Å². The van der Waals surface area contributed by atoms with Crippen molar-refractivity contribution in [2.45, 2.75) is 25.9 Å². The van der Waals surface area contributed by atoms with E-state index in [0.29, 0.717) is 19.8 Å². The van der Waals surface area contributed by atoms with Crippen LogP contribution in [0.5, 0.6) is 0 Å². The second kappa shape index (κ2) is 7.95. The van der Waals surface area contributed by atoms with Gasteiger partial charge in [-0.3, -0.25) is 9.69 Å². The standard InChI is InChI=1S/C15H24N4O2/c1-3-6-17-14-12(5-4-7-18-14)10-19-8-9-21-11-13(19)15(20)16-2/h4-5,7,13H,3,6,8-11H2,1-2H3,(H,16,20)(H,17,18). The summed E-state index contributed by atoms with van der Waals surface area (Å²) in [6.45, 7) is 5.57. The number of ether oxygens (including phenoxy) is 1. The Morgan fingerprint density at radius 1 is 1.57 bits per heavy atom. The summed E-state index contributed by atoms with van der Waals surface area (Å²) in [6, 6.07) is 3.76. The quantitative estimate of drug-likeness (QED) is 0.814. The fourth-order valence-corrected chi connectivity index (χ4v) is 2.42. The third-order valence-corrected chi connectivity index (χ3v) is 3.60. The molecule has 21 heavy (non-hydrogen) atoms. The first kappa shape index (κ1) is 15.7. The number of nitrogens with zero attached hydrogens (tertiary/aromatic N) is 2. The van der Waals surface area contributed by atoms with Crippen LogP contribution >= 0.6 is 0 Å². The summed E-state index contributed by atoms with van der Waals surface area (Å²) in [6.07, 6.45) is 2.84. The molecule has 1 amide bonds. The van der Waals surface area contributed by atoms with Crippen molar-refractivity contribution in [3.63, 3.8) is 0 Å². The number of rotatable bonds is 6. The molecule has 1 atom stereocenters. The average Bonchev–Trinajstić information content (AvgIpc) is 2.54. The van der Waals surface area contributed by atoms with Gasteiger partial charge in [-0.05, 0) is 12.5 Å². The molecule has 0 bridgehead atoms. The van der Waals surface area contributed by atoms with E-state index in [-0.39, 0.29) is 11.9 Å². The number of morpholine rings is 1. The van der Waals surface area contributed by atoms with E-state index in [2.05, 4.69) is 33.5 Å². The number of nitrogens with one attached hydrogen (secondary N) is 2. The smallest absolute Gasteiger partial charge is 0.239 e. The molecule has 2 N–H and O–H groups in total. The summed E-state index contributed by atoms with van der Waals surface area (Å²) < 4.78 is 5.43. The molecule has 0 aromatic carbocycles. The normalized spacial score (nSPS) is 19.2. The lowest BCUT2D eigenvalue weighted by Gasteiger charge is -2.34. The molecular weight excluding hydrogens is 268 g/mol. The summed E-state index contributed by atoms with van der Waals surface area (Å²) >= 11 is 0. The van der Waals surface area contributed by atoms with Crippen molar-refractivity contribution < 1.29 is 9.53 Å². The molecular formula is C15H24N4O2. The number of likely N-dealkylation sites (N-methyl/N-ethyl adjacent to an activating group) is 1. The molecule has 6 heteroatoms. The molecule has 1 aliphatic rings. The summed E-state index contributed by atoms with van der Waals surface area (Å²) in [7, 11) is 1.66. The monoisotopic (exact) mass is 292 g/mol. The first-order chi connectivity index (χ1) is 10.3. The molecule has 1 unspecified atom stereocenters. The van der Waals surface area contributed by atoms with Crippen LogP contribution in [-0.2, 0) is 16.1 Å². The van der Waals surface area contributed by atoms with Gasteiger partial charge in [0.2, 0.25) is 5.91 Å². The minimum atomic E-state index is -0.233. The Bertz CT molecular complexity index is 467. The van der Waals surface area contributed by atoms with Crippen molar-refractivity contribution >= 4 is 11.7 Å². The van der Waals surface area contributed by atoms with Crippen molar-refractivity contribution in [1.82, 2.24) is 15.2 Å². The zero-order valence-corrected chi connectivity index (χ0v) is 12.8. The van der Waals surface area contributed by atoms with Crippen molar-refractivity contribution in [3.8, 4) is 0 Å². The second-order valence-electron chi connectivity index (χ2n) is 5.11. The third-order valence-electron chi connectivity index (χ3n) is 3.60. The fourth-order valence-electron chi connectivity index (χ4n) is 2.42. The van der Waals surface area contributed by atoms with E-state index in [9.17, 15) is 4.79 Å². The zero-order chi connectivity index (χ0) is 15.1. The van der Waals surface area contributed by atoms with Crippen LogP contribution in [0.1, 0.15) is 18.9 Å². The van der Waals surface area contributed by atoms with Crippen molar-refractivity contribution in [1.29, 1.82) is 0 Å². The molecule has 1 saturated heterocycles. The minimum absolute atomic E-state index is 0.00153. The molecule has 6 nitrogen and oxygen atoms in total. The first-order valence-electron chi connectivity index (χ1n) is 7.47. The lowest BCUT2D eigenvalue weighted by Crippen LogP contribution is -2.52. The van der Waals surface area contributed by atoms with Crippen molar-refractivity contribution in [2.75, 3.05) is 38.7 Å². The molecule has 2 rings (SSSR count). The fraction of sp³-hybridized carbons (Fsp3) is 0.600. The Morgan fingerprint density at radius 3 is 3.19 bits per heavy atom. The molecule has 1 aromatic heterocycles. The van der Waals surface area contributed by atoms with E-state index < -0.39 is 0 Å². The SMILES string of the molecule is CCCNc1ncccc1CN1CCOCC1C(=O)NC.